The minimum absolute atomic E-state index is 0.181. The van der Waals surface area contributed by atoms with Crippen molar-refractivity contribution < 1.29 is 28.5 Å². The number of alkyl halides is 3. The second kappa shape index (κ2) is 5.16. The molecule has 0 heterocycles. The van der Waals surface area contributed by atoms with Gasteiger partial charge in [0.15, 0.2) is 0 Å². The second-order valence-corrected chi connectivity index (χ2v) is 3.83. The maximum absolute atomic E-state index is 12.6. The van der Waals surface area contributed by atoms with Crippen molar-refractivity contribution in [1.29, 1.82) is 0 Å². The molecular formula is C10H11F3O3S. The molecule has 0 fully saturated rings. The summed E-state index contributed by atoms with van der Waals surface area (Å²) in [5, 5.41) is 27.8. The minimum atomic E-state index is -4.72. The van der Waals surface area contributed by atoms with Gasteiger partial charge in [0.2, 0.25) is 0 Å². The van der Waals surface area contributed by atoms with Crippen molar-refractivity contribution in [3.63, 3.8) is 0 Å². The highest BCUT2D eigenvalue weighted by Gasteiger charge is 2.36. The number of rotatable bonds is 3. The van der Waals surface area contributed by atoms with Crippen LogP contribution >= 0.6 is 12.6 Å². The number of aromatic hydroxyl groups is 1. The van der Waals surface area contributed by atoms with E-state index in [1.54, 1.807) is 0 Å². The second-order valence-electron chi connectivity index (χ2n) is 3.46. The molecule has 1 rings (SSSR count). The van der Waals surface area contributed by atoms with Gasteiger partial charge in [-0.25, -0.2) is 0 Å². The summed E-state index contributed by atoms with van der Waals surface area (Å²) >= 11 is 3.69. The summed E-state index contributed by atoms with van der Waals surface area (Å²) in [5.74, 6) is -0.743. The van der Waals surface area contributed by atoms with E-state index in [2.05, 4.69) is 12.6 Å². The molecule has 0 aliphatic heterocycles. The zero-order valence-corrected chi connectivity index (χ0v) is 9.41. The average Bonchev–Trinajstić information content (AvgIpc) is 2.25. The molecule has 3 nitrogen and oxygen atoms in total. The smallest absolute Gasteiger partial charge is 0.416 e. The minimum Gasteiger partial charge on any atom is -0.508 e. The average molecular weight is 268 g/mol. The number of aliphatic hydroxyl groups is 2. The van der Waals surface area contributed by atoms with Gasteiger partial charge >= 0.3 is 6.18 Å². The number of halogens is 3. The lowest BCUT2D eigenvalue weighted by Gasteiger charge is -2.20. The van der Waals surface area contributed by atoms with E-state index in [-0.39, 0.29) is 5.75 Å². The summed E-state index contributed by atoms with van der Waals surface area (Å²) in [6, 6.07) is 2.44. The van der Waals surface area contributed by atoms with Gasteiger partial charge in [0, 0.05) is 5.75 Å². The predicted octanol–water partition coefficient (Wildman–Crippen LogP) is 1.74. The Labute approximate surface area is 101 Å². The molecule has 96 valence electrons. The van der Waals surface area contributed by atoms with Crippen LogP contribution in [0.1, 0.15) is 17.2 Å². The van der Waals surface area contributed by atoms with E-state index in [1.807, 2.05) is 0 Å². The Bertz CT molecular complexity index is 395. The predicted molar refractivity (Wildman–Crippen MR) is 57.9 cm³/mol. The number of aliphatic hydroxyl groups excluding tert-OH is 2. The van der Waals surface area contributed by atoms with Crippen molar-refractivity contribution in [2.24, 2.45) is 0 Å². The first-order chi connectivity index (χ1) is 7.77. The van der Waals surface area contributed by atoms with Crippen LogP contribution in [0, 0.1) is 0 Å². The highest BCUT2D eigenvalue weighted by atomic mass is 32.1. The molecule has 1 aromatic rings. The molecule has 0 aromatic heterocycles. The fourth-order valence-corrected chi connectivity index (χ4v) is 1.55. The van der Waals surface area contributed by atoms with Crippen LogP contribution < -0.4 is 0 Å². The maximum atomic E-state index is 12.6. The highest BCUT2D eigenvalue weighted by molar-refractivity contribution is 7.80. The fraction of sp³-hybridized carbons (Fsp3) is 0.400. The van der Waals surface area contributed by atoms with Gasteiger partial charge < -0.3 is 15.3 Å². The molecule has 0 bridgehead atoms. The first kappa shape index (κ1) is 14.1. The molecule has 2 unspecified atom stereocenters. The van der Waals surface area contributed by atoms with Gasteiger partial charge in [0.1, 0.15) is 11.9 Å². The lowest BCUT2D eigenvalue weighted by atomic mass is 9.98. The third-order valence-corrected chi connectivity index (χ3v) is 2.59. The molecule has 0 spiro atoms. The van der Waals surface area contributed by atoms with Crippen molar-refractivity contribution in [2.75, 3.05) is 5.75 Å². The van der Waals surface area contributed by atoms with Crippen LogP contribution in [0.2, 0.25) is 0 Å². The number of hydrogen-bond acceptors (Lipinski definition) is 4. The maximum Gasteiger partial charge on any atom is 0.416 e. The third kappa shape index (κ3) is 3.27. The summed E-state index contributed by atoms with van der Waals surface area (Å²) in [7, 11) is 0. The summed E-state index contributed by atoms with van der Waals surface area (Å²) in [5.41, 5.74) is -1.66. The van der Waals surface area contributed by atoms with Crippen LogP contribution in [0.4, 0.5) is 13.2 Å². The molecule has 0 aliphatic rings. The fourth-order valence-electron chi connectivity index (χ4n) is 1.35. The highest BCUT2D eigenvalue weighted by Crippen LogP contribution is 2.37. The van der Waals surface area contributed by atoms with Crippen molar-refractivity contribution in [1.82, 2.24) is 0 Å². The summed E-state index contributed by atoms with van der Waals surface area (Å²) in [6.07, 6.45) is -7.83. The van der Waals surface area contributed by atoms with E-state index in [1.165, 1.54) is 0 Å². The van der Waals surface area contributed by atoms with Gasteiger partial charge in [-0.1, -0.05) is 6.07 Å². The van der Waals surface area contributed by atoms with E-state index < -0.39 is 35.3 Å². The lowest BCUT2D eigenvalue weighted by molar-refractivity contribution is -0.139. The van der Waals surface area contributed by atoms with E-state index in [0.29, 0.717) is 6.07 Å². The lowest BCUT2D eigenvalue weighted by Crippen LogP contribution is -2.23. The number of phenols is 1. The molecule has 3 N–H and O–H groups in total. The van der Waals surface area contributed by atoms with E-state index in [0.717, 1.165) is 12.1 Å². The molecule has 1 aromatic carbocycles. The summed E-state index contributed by atoms with van der Waals surface area (Å²) in [4.78, 5) is 0. The molecule has 7 heteroatoms. The standard InChI is InChI=1S/C10H11F3O3S/c11-10(12,13)7-3-5(14)1-2-6(7)9(16)8(15)4-17/h1-3,8-9,14-17H,4H2. The van der Waals surface area contributed by atoms with Gasteiger partial charge in [-0.05, 0) is 17.7 Å². The van der Waals surface area contributed by atoms with Crippen LogP contribution in [0.5, 0.6) is 5.75 Å². The van der Waals surface area contributed by atoms with Crippen molar-refractivity contribution >= 4 is 12.6 Å². The molecule has 0 saturated carbocycles. The molecular weight excluding hydrogens is 257 g/mol. The largest absolute Gasteiger partial charge is 0.508 e. The third-order valence-electron chi connectivity index (χ3n) is 2.21. The van der Waals surface area contributed by atoms with Crippen LogP contribution in [0.3, 0.4) is 0 Å². The van der Waals surface area contributed by atoms with Crippen LogP contribution in [0.15, 0.2) is 18.2 Å². The van der Waals surface area contributed by atoms with E-state index in [9.17, 15) is 23.4 Å². The van der Waals surface area contributed by atoms with Gasteiger partial charge in [-0.2, -0.15) is 25.8 Å². The summed E-state index contributed by atoms with van der Waals surface area (Å²) in [6.45, 7) is 0. The Morgan fingerprint density at radius 2 is 1.82 bits per heavy atom. The van der Waals surface area contributed by atoms with Crippen LogP contribution in [-0.2, 0) is 6.18 Å². The Morgan fingerprint density at radius 3 is 2.29 bits per heavy atom. The molecule has 0 aliphatic carbocycles. The molecule has 2 atom stereocenters. The Kier molecular flexibility index (Phi) is 4.29. The first-order valence-corrected chi connectivity index (χ1v) is 5.27. The molecule has 0 amide bonds. The Morgan fingerprint density at radius 1 is 1.24 bits per heavy atom. The van der Waals surface area contributed by atoms with Crippen LogP contribution in [0.25, 0.3) is 0 Å². The Hall–Kier alpha value is -0.920. The number of benzene rings is 1. The zero-order valence-electron chi connectivity index (χ0n) is 8.52. The van der Waals surface area contributed by atoms with Gasteiger partial charge in [0.25, 0.3) is 0 Å². The quantitative estimate of drug-likeness (QED) is 0.631. The summed E-state index contributed by atoms with van der Waals surface area (Å²) < 4.78 is 37.9. The van der Waals surface area contributed by atoms with Gasteiger partial charge in [-0.15, -0.1) is 0 Å². The number of hydrogen-bond donors (Lipinski definition) is 4. The zero-order chi connectivity index (χ0) is 13.2. The SMILES string of the molecule is Oc1ccc(C(O)C(O)CS)c(C(F)(F)F)c1. The number of thiol groups is 1. The Balaban J connectivity index is 3.24. The van der Waals surface area contributed by atoms with Gasteiger partial charge in [0.05, 0.1) is 11.7 Å². The molecule has 0 saturated heterocycles. The van der Waals surface area contributed by atoms with Gasteiger partial charge in [-0.3, -0.25) is 0 Å². The van der Waals surface area contributed by atoms with Crippen LogP contribution in [-0.4, -0.2) is 27.2 Å². The molecule has 0 radical (unpaired) electrons. The first-order valence-electron chi connectivity index (χ1n) is 4.64. The van der Waals surface area contributed by atoms with Crippen molar-refractivity contribution in [3.05, 3.63) is 29.3 Å². The topological polar surface area (TPSA) is 60.7 Å². The molecule has 17 heavy (non-hydrogen) atoms. The van der Waals surface area contributed by atoms with E-state index in [4.69, 9.17) is 5.11 Å². The normalized spacial score (nSPS) is 15.6. The van der Waals surface area contributed by atoms with E-state index >= 15 is 0 Å². The monoisotopic (exact) mass is 268 g/mol. The van der Waals surface area contributed by atoms with Crippen molar-refractivity contribution in [2.45, 2.75) is 18.4 Å². The van der Waals surface area contributed by atoms with Crippen molar-refractivity contribution in [3.8, 4) is 5.75 Å². The number of phenolic OH excluding ortho intramolecular Hbond substituents is 1.